The number of aliphatic imine (C=N–C) groups is 1. The maximum absolute atomic E-state index is 12.7. The van der Waals surface area contributed by atoms with E-state index in [9.17, 15) is 19.2 Å². The minimum atomic E-state index is -0.778. The summed E-state index contributed by atoms with van der Waals surface area (Å²) in [6.07, 6.45) is 0.797. The predicted octanol–water partition coefficient (Wildman–Crippen LogP) is 1.74. The molecule has 0 aliphatic carbocycles. The van der Waals surface area contributed by atoms with Crippen molar-refractivity contribution in [1.29, 1.82) is 0 Å². The Bertz CT molecular complexity index is 1090. The summed E-state index contributed by atoms with van der Waals surface area (Å²) in [6.45, 7) is 3.88. The summed E-state index contributed by atoms with van der Waals surface area (Å²) in [7, 11) is 4.79. The molecule has 0 spiro atoms. The van der Waals surface area contributed by atoms with Gasteiger partial charge in [-0.15, -0.1) is 0 Å². The van der Waals surface area contributed by atoms with Crippen LogP contribution in [0.1, 0.15) is 41.9 Å². The Morgan fingerprint density at radius 2 is 1.43 bits per heavy atom. The molecule has 1 aliphatic rings. The number of nitrogens with zero attached hydrogens (tertiary/aromatic N) is 1. The predicted molar refractivity (Wildman–Crippen MR) is 122 cm³/mol. The van der Waals surface area contributed by atoms with Gasteiger partial charge in [0.25, 0.3) is 0 Å². The number of ether oxygens (including phenoxy) is 6. The molecule has 0 saturated carbocycles. The van der Waals surface area contributed by atoms with Crippen molar-refractivity contribution in [2.24, 2.45) is 4.99 Å². The molecule has 0 bridgehead atoms. The first-order valence-corrected chi connectivity index (χ1v) is 10.6. The van der Waals surface area contributed by atoms with Crippen LogP contribution in [0.5, 0.6) is 5.88 Å². The molecule has 1 N–H and O–H groups in total. The van der Waals surface area contributed by atoms with Crippen LogP contribution >= 0.6 is 0 Å². The van der Waals surface area contributed by atoms with Crippen LogP contribution < -0.4 is 4.74 Å². The van der Waals surface area contributed by atoms with Crippen LogP contribution in [0.2, 0.25) is 0 Å². The van der Waals surface area contributed by atoms with E-state index in [0.717, 1.165) is 0 Å². The standard InChI is InChI=1S/C23H28N2O10/c1-7-34-20-12(9-16(26)30-3)18(22(28)32-5)14(24-20)11-15-19(23(29)33-6)13(10-17(27)31-4)21(25-15)35-8-2/h11,24H,7-10H2,1-6H3. The summed E-state index contributed by atoms with van der Waals surface area (Å²) in [5.41, 5.74) is 0.533. The molecule has 12 heteroatoms. The normalized spacial score (nSPS) is 13.9. The summed E-state index contributed by atoms with van der Waals surface area (Å²) >= 11 is 0. The second-order valence-corrected chi connectivity index (χ2v) is 6.88. The molecular formula is C23H28N2O10. The highest BCUT2D eigenvalue weighted by Crippen LogP contribution is 2.34. The highest BCUT2D eigenvalue weighted by molar-refractivity contribution is 6.13. The molecule has 2 rings (SSSR count). The molecule has 0 aromatic carbocycles. The van der Waals surface area contributed by atoms with Crippen molar-refractivity contribution in [3.8, 4) is 5.88 Å². The van der Waals surface area contributed by atoms with E-state index < -0.39 is 23.9 Å². The first-order valence-electron chi connectivity index (χ1n) is 10.6. The maximum Gasteiger partial charge on any atom is 0.340 e. The van der Waals surface area contributed by atoms with Gasteiger partial charge in [0, 0.05) is 11.1 Å². The quantitative estimate of drug-likeness (QED) is 0.378. The number of aromatic amines is 1. The third kappa shape index (κ3) is 6.08. The van der Waals surface area contributed by atoms with E-state index in [2.05, 4.69) is 9.98 Å². The zero-order valence-corrected chi connectivity index (χ0v) is 20.4. The fourth-order valence-electron chi connectivity index (χ4n) is 3.33. The molecule has 0 fully saturated rings. The van der Waals surface area contributed by atoms with Gasteiger partial charge in [0.1, 0.15) is 0 Å². The second-order valence-electron chi connectivity index (χ2n) is 6.88. The summed E-state index contributed by atoms with van der Waals surface area (Å²) in [5.74, 6) is -2.58. The van der Waals surface area contributed by atoms with E-state index >= 15 is 0 Å². The van der Waals surface area contributed by atoms with Gasteiger partial charge in [-0.3, -0.25) is 9.59 Å². The van der Waals surface area contributed by atoms with Crippen molar-refractivity contribution in [1.82, 2.24) is 4.98 Å². The van der Waals surface area contributed by atoms with Crippen LogP contribution in [0.25, 0.3) is 6.08 Å². The lowest BCUT2D eigenvalue weighted by atomic mass is 10.0. The highest BCUT2D eigenvalue weighted by Gasteiger charge is 2.34. The number of methoxy groups -OCH3 is 4. The third-order valence-corrected chi connectivity index (χ3v) is 4.86. The van der Waals surface area contributed by atoms with Crippen molar-refractivity contribution >= 4 is 35.9 Å². The number of esters is 4. The molecule has 0 unspecified atom stereocenters. The highest BCUT2D eigenvalue weighted by atomic mass is 16.5. The summed E-state index contributed by atoms with van der Waals surface area (Å²) < 4.78 is 30.4. The maximum atomic E-state index is 12.7. The molecule has 0 amide bonds. The van der Waals surface area contributed by atoms with Crippen LogP contribution in [-0.4, -0.2) is 76.4 Å². The number of H-pyrrole nitrogens is 1. The van der Waals surface area contributed by atoms with Crippen LogP contribution in [0.15, 0.2) is 21.8 Å². The Kier molecular flexibility index (Phi) is 9.62. The Morgan fingerprint density at radius 3 is 1.97 bits per heavy atom. The fourth-order valence-corrected chi connectivity index (χ4v) is 3.33. The van der Waals surface area contributed by atoms with E-state index in [4.69, 9.17) is 28.4 Å². The van der Waals surface area contributed by atoms with Crippen molar-refractivity contribution in [3.05, 3.63) is 33.7 Å². The van der Waals surface area contributed by atoms with Crippen molar-refractivity contribution in [2.75, 3.05) is 41.7 Å². The number of nitrogens with one attached hydrogen (secondary N) is 1. The largest absolute Gasteiger partial charge is 0.479 e. The zero-order chi connectivity index (χ0) is 26.1. The molecule has 1 aromatic rings. The van der Waals surface area contributed by atoms with E-state index in [-0.39, 0.29) is 71.5 Å². The number of hydrogen-bond donors (Lipinski definition) is 1. The molecular weight excluding hydrogens is 464 g/mol. The third-order valence-electron chi connectivity index (χ3n) is 4.86. The lowest BCUT2D eigenvalue weighted by Gasteiger charge is -2.08. The zero-order valence-electron chi connectivity index (χ0n) is 20.4. The summed E-state index contributed by atoms with van der Waals surface area (Å²) in [6, 6.07) is 0. The lowest BCUT2D eigenvalue weighted by molar-refractivity contribution is -0.140. The van der Waals surface area contributed by atoms with Crippen LogP contribution in [0.3, 0.4) is 0 Å². The van der Waals surface area contributed by atoms with Gasteiger partial charge in [0.15, 0.2) is 5.88 Å². The first-order chi connectivity index (χ1) is 16.8. The molecule has 190 valence electrons. The molecule has 35 heavy (non-hydrogen) atoms. The van der Waals surface area contributed by atoms with Crippen LogP contribution in [0, 0.1) is 0 Å². The lowest BCUT2D eigenvalue weighted by Crippen LogP contribution is -2.15. The van der Waals surface area contributed by atoms with Gasteiger partial charge in [-0.25, -0.2) is 14.6 Å². The monoisotopic (exact) mass is 492 g/mol. The van der Waals surface area contributed by atoms with Crippen LogP contribution in [-0.2, 0) is 44.5 Å². The van der Waals surface area contributed by atoms with Gasteiger partial charge in [-0.05, 0) is 19.9 Å². The Morgan fingerprint density at radius 1 is 0.829 bits per heavy atom. The average Bonchev–Trinajstić information content (AvgIpc) is 3.35. The van der Waals surface area contributed by atoms with Crippen molar-refractivity contribution < 1.29 is 47.6 Å². The van der Waals surface area contributed by atoms with E-state index in [0.29, 0.717) is 0 Å². The van der Waals surface area contributed by atoms with Gasteiger partial charge in [-0.2, -0.15) is 0 Å². The van der Waals surface area contributed by atoms with E-state index in [1.165, 1.54) is 34.5 Å². The minimum Gasteiger partial charge on any atom is -0.479 e. The molecule has 2 heterocycles. The van der Waals surface area contributed by atoms with Crippen LogP contribution in [0.4, 0.5) is 0 Å². The first kappa shape index (κ1) is 27.2. The molecule has 1 aliphatic heterocycles. The Balaban J connectivity index is 2.80. The van der Waals surface area contributed by atoms with E-state index in [1.807, 2.05) is 0 Å². The van der Waals surface area contributed by atoms with Gasteiger partial charge in [0.2, 0.25) is 5.90 Å². The summed E-state index contributed by atoms with van der Waals surface area (Å²) in [5, 5.41) is 0. The molecule has 0 atom stereocenters. The molecule has 12 nitrogen and oxygen atoms in total. The van der Waals surface area contributed by atoms with Gasteiger partial charge in [0.05, 0.1) is 77.0 Å². The molecule has 0 saturated heterocycles. The van der Waals surface area contributed by atoms with Gasteiger partial charge in [-0.1, -0.05) is 0 Å². The number of carbonyl (C=O) groups excluding carboxylic acids is 4. The molecule has 1 aromatic heterocycles. The average molecular weight is 492 g/mol. The fraction of sp³-hybridized carbons (Fsp3) is 0.435. The minimum absolute atomic E-state index is 0.00681. The van der Waals surface area contributed by atoms with Gasteiger partial charge >= 0.3 is 23.9 Å². The van der Waals surface area contributed by atoms with Crippen molar-refractivity contribution in [2.45, 2.75) is 26.7 Å². The Hall–Kier alpha value is -4.09. The Labute approximate surface area is 201 Å². The number of hydrogen-bond acceptors (Lipinski definition) is 11. The number of aromatic nitrogens is 1. The van der Waals surface area contributed by atoms with Gasteiger partial charge < -0.3 is 33.4 Å². The van der Waals surface area contributed by atoms with Crippen molar-refractivity contribution in [3.63, 3.8) is 0 Å². The number of rotatable bonds is 10. The smallest absolute Gasteiger partial charge is 0.340 e. The summed E-state index contributed by atoms with van der Waals surface area (Å²) in [4.78, 5) is 56.7. The SMILES string of the molecule is CCOC1=NC(=Cc2[nH]c(OCC)c(CC(=O)OC)c2C(=O)OC)C(C(=O)OC)=C1CC(=O)OC. The topological polar surface area (TPSA) is 152 Å². The second kappa shape index (κ2) is 12.4. The van der Waals surface area contributed by atoms with E-state index in [1.54, 1.807) is 13.8 Å². The molecule has 0 radical (unpaired) electrons. The number of carbonyl (C=O) groups is 4.